The summed E-state index contributed by atoms with van der Waals surface area (Å²) in [5.41, 5.74) is 2.50. The molecule has 0 radical (unpaired) electrons. The monoisotopic (exact) mass is 243 g/mol. The number of pyridine rings is 1. The van der Waals surface area contributed by atoms with Crippen LogP contribution in [-0.2, 0) is 0 Å². The van der Waals surface area contributed by atoms with Gasteiger partial charge >= 0.3 is 0 Å². The molecule has 1 rings (SSSR count). The Kier molecular flexibility index (Phi) is 5.97. The smallest absolute Gasteiger partial charge is 0.108 e. The van der Waals surface area contributed by atoms with Gasteiger partial charge in [-0.1, -0.05) is 33.8 Å². The van der Waals surface area contributed by atoms with Crippen LogP contribution in [0.15, 0.2) is 16.9 Å². The van der Waals surface area contributed by atoms with E-state index in [-0.39, 0.29) is 0 Å². The molecule has 0 N–H and O–H groups in total. The molecule has 0 bridgehead atoms. The summed E-state index contributed by atoms with van der Waals surface area (Å²) >= 11 is 3.37. The van der Waals surface area contributed by atoms with E-state index in [1.54, 1.807) is 0 Å². The molecule has 0 aromatic carbocycles. The van der Waals surface area contributed by atoms with Crippen molar-refractivity contribution in [2.24, 2.45) is 0 Å². The van der Waals surface area contributed by atoms with Gasteiger partial charge in [-0.05, 0) is 39.9 Å². The Bertz CT molecular complexity index is 256. The normalized spacial score (nSPS) is 9.46. The van der Waals surface area contributed by atoms with Gasteiger partial charge in [-0.15, -0.1) is 0 Å². The van der Waals surface area contributed by atoms with Gasteiger partial charge in [0.1, 0.15) is 4.60 Å². The zero-order chi connectivity index (χ0) is 10.4. The fourth-order valence-electron chi connectivity index (χ4n) is 0.896. The van der Waals surface area contributed by atoms with Gasteiger partial charge in [0.25, 0.3) is 0 Å². The van der Waals surface area contributed by atoms with E-state index in [9.17, 15) is 0 Å². The summed E-state index contributed by atoms with van der Waals surface area (Å²) in [6.07, 6.45) is 1.92. The predicted octanol–water partition coefficient (Wildman–Crippen LogP) is 4.30. The van der Waals surface area contributed by atoms with E-state index in [2.05, 4.69) is 47.8 Å². The Morgan fingerprint density at radius 1 is 1.31 bits per heavy atom. The Morgan fingerprint density at radius 3 is 2.23 bits per heavy atom. The summed E-state index contributed by atoms with van der Waals surface area (Å²) in [6.45, 7) is 10.4. The number of halogens is 1. The van der Waals surface area contributed by atoms with Crippen LogP contribution in [0.3, 0.4) is 0 Å². The highest BCUT2D eigenvalue weighted by molar-refractivity contribution is 9.10. The van der Waals surface area contributed by atoms with Crippen molar-refractivity contribution < 1.29 is 0 Å². The lowest BCUT2D eigenvalue weighted by Gasteiger charge is -2.05. The molecule has 74 valence electrons. The summed E-state index contributed by atoms with van der Waals surface area (Å²) < 4.78 is 0.946. The standard InChI is InChI=1S/C9H12BrN.C2H6/c1-6(2)8-4-7(3)9(10)11-5-8;1-2/h4-6H,1-3H3;1-2H3. The van der Waals surface area contributed by atoms with Crippen molar-refractivity contribution in [1.82, 2.24) is 4.98 Å². The molecule has 0 fully saturated rings. The molecule has 0 amide bonds. The minimum atomic E-state index is 0.564. The largest absolute Gasteiger partial charge is 0.249 e. The maximum absolute atomic E-state index is 4.22. The third kappa shape index (κ3) is 3.90. The molecule has 0 saturated heterocycles. The molecule has 0 atom stereocenters. The first kappa shape index (κ1) is 12.6. The van der Waals surface area contributed by atoms with Crippen molar-refractivity contribution in [2.45, 2.75) is 40.5 Å². The van der Waals surface area contributed by atoms with E-state index < -0.39 is 0 Å². The highest BCUT2D eigenvalue weighted by atomic mass is 79.9. The zero-order valence-electron chi connectivity index (χ0n) is 9.06. The maximum Gasteiger partial charge on any atom is 0.108 e. The molecule has 0 aliphatic carbocycles. The summed E-state index contributed by atoms with van der Waals surface area (Å²) in [6, 6.07) is 2.17. The average Bonchev–Trinajstić information content (AvgIpc) is 2.13. The SMILES string of the molecule is CC.Cc1cc(C(C)C)cnc1Br. The molecule has 1 nitrogen and oxygen atoms in total. The molecule has 2 heteroatoms. The molecule has 0 unspecified atom stereocenters. The Labute approximate surface area is 89.7 Å². The summed E-state index contributed by atoms with van der Waals surface area (Å²) in [7, 11) is 0. The highest BCUT2D eigenvalue weighted by Crippen LogP contribution is 2.18. The van der Waals surface area contributed by atoms with Crippen molar-refractivity contribution in [3.63, 3.8) is 0 Å². The second-order valence-electron chi connectivity index (χ2n) is 3.03. The molecular weight excluding hydrogens is 226 g/mol. The molecule has 0 aliphatic rings. The molecule has 1 aromatic heterocycles. The van der Waals surface area contributed by atoms with E-state index in [0.29, 0.717) is 5.92 Å². The number of nitrogens with zero attached hydrogens (tertiary/aromatic N) is 1. The van der Waals surface area contributed by atoms with Crippen molar-refractivity contribution >= 4 is 15.9 Å². The lowest BCUT2D eigenvalue weighted by Crippen LogP contribution is -1.90. The van der Waals surface area contributed by atoms with Crippen molar-refractivity contribution in [3.05, 3.63) is 28.0 Å². The van der Waals surface area contributed by atoms with E-state index in [1.165, 1.54) is 11.1 Å². The van der Waals surface area contributed by atoms with Gasteiger partial charge in [0, 0.05) is 6.20 Å². The Hall–Kier alpha value is -0.370. The summed E-state index contributed by atoms with van der Waals surface area (Å²) in [5.74, 6) is 0.564. The van der Waals surface area contributed by atoms with Crippen LogP contribution in [0, 0.1) is 6.92 Å². The second kappa shape index (κ2) is 6.14. The average molecular weight is 244 g/mol. The van der Waals surface area contributed by atoms with Crippen LogP contribution in [0.25, 0.3) is 0 Å². The minimum Gasteiger partial charge on any atom is -0.249 e. The lowest BCUT2D eigenvalue weighted by atomic mass is 10.0. The number of hydrogen-bond acceptors (Lipinski definition) is 1. The van der Waals surface area contributed by atoms with Gasteiger partial charge in [0.15, 0.2) is 0 Å². The quantitative estimate of drug-likeness (QED) is 0.671. The molecule has 1 heterocycles. The zero-order valence-corrected chi connectivity index (χ0v) is 10.6. The number of hydrogen-bond donors (Lipinski definition) is 0. The first-order valence-electron chi connectivity index (χ1n) is 4.73. The van der Waals surface area contributed by atoms with E-state index >= 15 is 0 Å². The van der Waals surface area contributed by atoms with Crippen LogP contribution in [0.4, 0.5) is 0 Å². The Balaban J connectivity index is 0.000000671. The van der Waals surface area contributed by atoms with E-state index in [4.69, 9.17) is 0 Å². The van der Waals surface area contributed by atoms with Crippen LogP contribution in [0.5, 0.6) is 0 Å². The minimum absolute atomic E-state index is 0.564. The summed E-state index contributed by atoms with van der Waals surface area (Å²) in [5, 5.41) is 0. The third-order valence-corrected chi connectivity index (χ3v) is 2.53. The fourth-order valence-corrected chi connectivity index (χ4v) is 1.11. The van der Waals surface area contributed by atoms with Gasteiger partial charge in [0.2, 0.25) is 0 Å². The van der Waals surface area contributed by atoms with Crippen LogP contribution >= 0.6 is 15.9 Å². The molecule has 13 heavy (non-hydrogen) atoms. The second-order valence-corrected chi connectivity index (χ2v) is 3.78. The third-order valence-electron chi connectivity index (χ3n) is 1.70. The number of aromatic nitrogens is 1. The van der Waals surface area contributed by atoms with Crippen LogP contribution < -0.4 is 0 Å². The van der Waals surface area contributed by atoms with Crippen molar-refractivity contribution in [1.29, 1.82) is 0 Å². The predicted molar refractivity (Wildman–Crippen MR) is 62.1 cm³/mol. The summed E-state index contributed by atoms with van der Waals surface area (Å²) in [4.78, 5) is 4.22. The van der Waals surface area contributed by atoms with Gasteiger partial charge in [-0.2, -0.15) is 0 Å². The topological polar surface area (TPSA) is 12.9 Å². The van der Waals surface area contributed by atoms with Crippen LogP contribution in [0.1, 0.15) is 44.7 Å². The van der Waals surface area contributed by atoms with Gasteiger partial charge in [0.05, 0.1) is 0 Å². The molecule has 0 aliphatic heterocycles. The first-order valence-corrected chi connectivity index (χ1v) is 5.52. The first-order chi connectivity index (χ1) is 6.11. The Morgan fingerprint density at radius 2 is 1.85 bits per heavy atom. The molecule has 1 aromatic rings. The maximum atomic E-state index is 4.22. The number of rotatable bonds is 1. The van der Waals surface area contributed by atoms with Crippen LogP contribution in [0.2, 0.25) is 0 Å². The molecule has 0 spiro atoms. The van der Waals surface area contributed by atoms with Crippen LogP contribution in [-0.4, -0.2) is 4.98 Å². The number of aryl methyl sites for hydroxylation is 1. The van der Waals surface area contributed by atoms with Gasteiger partial charge < -0.3 is 0 Å². The van der Waals surface area contributed by atoms with Gasteiger partial charge in [-0.3, -0.25) is 0 Å². The molecular formula is C11H18BrN. The highest BCUT2D eigenvalue weighted by Gasteiger charge is 2.01. The van der Waals surface area contributed by atoms with Crippen molar-refractivity contribution in [3.8, 4) is 0 Å². The van der Waals surface area contributed by atoms with E-state index in [1.807, 2.05) is 20.0 Å². The lowest BCUT2D eigenvalue weighted by molar-refractivity contribution is 0.853. The van der Waals surface area contributed by atoms with Gasteiger partial charge in [-0.25, -0.2) is 4.98 Å². The van der Waals surface area contributed by atoms with E-state index in [0.717, 1.165) is 4.60 Å². The van der Waals surface area contributed by atoms with Crippen molar-refractivity contribution in [2.75, 3.05) is 0 Å². The fraction of sp³-hybridized carbons (Fsp3) is 0.545. The molecule has 0 saturated carbocycles.